The zero-order chi connectivity index (χ0) is 26.3. The van der Waals surface area contributed by atoms with E-state index in [1.165, 1.54) is 0 Å². The Balaban J connectivity index is 1.59. The summed E-state index contributed by atoms with van der Waals surface area (Å²) in [6.45, 7) is 2.03. The van der Waals surface area contributed by atoms with Crippen LogP contribution in [0, 0.1) is 56.2 Å². The number of ether oxygens (including phenoxy) is 3. The maximum Gasteiger partial charge on any atom is 0.244 e. The summed E-state index contributed by atoms with van der Waals surface area (Å²) in [6, 6.07) is 29.6. The molecular formula is C29H21ClN4O3. The van der Waals surface area contributed by atoms with Gasteiger partial charge in [-0.05, 0) is 35.4 Å². The molecule has 2 aliphatic rings. The average Bonchev–Trinajstić information content (AvgIpc) is 3.09. The zero-order valence-corrected chi connectivity index (χ0v) is 20.6. The van der Waals surface area contributed by atoms with Crippen LogP contribution >= 0.6 is 11.6 Å². The second kappa shape index (κ2) is 8.95. The first-order valence-corrected chi connectivity index (χ1v) is 12.0. The molecule has 0 aromatic heterocycles. The summed E-state index contributed by atoms with van der Waals surface area (Å²) in [5.41, 5.74) is -1.96. The van der Waals surface area contributed by atoms with Gasteiger partial charge in [-0.15, -0.1) is 0 Å². The summed E-state index contributed by atoms with van der Waals surface area (Å²) in [4.78, 5) is 0. The molecule has 0 spiro atoms. The van der Waals surface area contributed by atoms with E-state index in [1.54, 1.807) is 55.5 Å². The number of nitrogens with zero attached hydrogens (tertiary/aromatic N) is 3. The van der Waals surface area contributed by atoms with E-state index < -0.39 is 34.5 Å². The fourth-order valence-electron chi connectivity index (χ4n) is 5.35. The van der Waals surface area contributed by atoms with Crippen LogP contribution < -0.4 is 4.74 Å². The van der Waals surface area contributed by atoms with Crippen LogP contribution in [-0.4, -0.2) is 5.90 Å². The van der Waals surface area contributed by atoms with Gasteiger partial charge in [-0.1, -0.05) is 73.1 Å². The molecule has 1 N–H and O–H groups in total. The lowest BCUT2D eigenvalue weighted by atomic mass is 9.53. The van der Waals surface area contributed by atoms with Gasteiger partial charge in [0.05, 0.1) is 24.1 Å². The molecule has 0 saturated carbocycles. The Morgan fingerprint density at radius 1 is 0.946 bits per heavy atom. The second-order valence-corrected chi connectivity index (χ2v) is 9.56. The number of hydrogen-bond donors (Lipinski definition) is 1. The molecule has 0 aliphatic carbocycles. The fraction of sp³-hybridized carbons (Fsp3) is 0.241. The van der Waals surface area contributed by atoms with E-state index in [9.17, 15) is 15.8 Å². The van der Waals surface area contributed by atoms with Crippen molar-refractivity contribution in [1.29, 1.82) is 21.2 Å². The van der Waals surface area contributed by atoms with Crippen molar-refractivity contribution < 1.29 is 14.2 Å². The van der Waals surface area contributed by atoms with Gasteiger partial charge in [-0.2, -0.15) is 15.8 Å². The van der Waals surface area contributed by atoms with Gasteiger partial charge in [0.2, 0.25) is 17.1 Å². The molecule has 3 aromatic carbocycles. The van der Waals surface area contributed by atoms with Crippen molar-refractivity contribution >= 4 is 17.5 Å². The van der Waals surface area contributed by atoms with Gasteiger partial charge in [-0.3, -0.25) is 5.41 Å². The Labute approximate surface area is 219 Å². The Morgan fingerprint density at radius 3 is 2.27 bits per heavy atom. The smallest absolute Gasteiger partial charge is 0.244 e. The lowest BCUT2D eigenvalue weighted by Gasteiger charge is -2.48. The summed E-state index contributed by atoms with van der Waals surface area (Å²) in [7, 11) is 0. The molecule has 3 aromatic rings. The number of nitriles is 3. The molecule has 0 radical (unpaired) electrons. The van der Waals surface area contributed by atoms with Crippen molar-refractivity contribution in [2.24, 2.45) is 16.7 Å². The van der Waals surface area contributed by atoms with Gasteiger partial charge >= 0.3 is 0 Å². The van der Waals surface area contributed by atoms with Crippen LogP contribution in [0.15, 0.2) is 78.9 Å². The monoisotopic (exact) mass is 508 g/mol. The molecular weight excluding hydrogens is 488 g/mol. The summed E-state index contributed by atoms with van der Waals surface area (Å²) in [6.07, 6.45) is -1.21. The number of fused-ring (bicyclic) bond motifs is 2. The summed E-state index contributed by atoms with van der Waals surface area (Å²) in [5.74, 6) is -2.35. The van der Waals surface area contributed by atoms with Gasteiger partial charge in [0.1, 0.15) is 18.5 Å². The van der Waals surface area contributed by atoms with Crippen LogP contribution in [0.2, 0.25) is 5.02 Å². The minimum atomic E-state index is -2.05. The summed E-state index contributed by atoms with van der Waals surface area (Å²) >= 11 is 6.26. The lowest BCUT2D eigenvalue weighted by Crippen LogP contribution is -2.57. The van der Waals surface area contributed by atoms with E-state index in [1.807, 2.05) is 30.3 Å². The van der Waals surface area contributed by atoms with Crippen LogP contribution in [0.5, 0.6) is 5.75 Å². The topological polar surface area (TPSA) is 123 Å². The van der Waals surface area contributed by atoms with Crippen LogP contribution in [0.4, 0.5) is 0 Å². The van der Waals surface area contributed by atoms with E-state index in [4.69, 9.17) is 31.2 Å². The standard InChI is InChI=1S/C29H21ClN4O3/c1-19-28(18-33)26(34)37-29(19,22-8-5-9-23(30)14-22)36-25(27(28,16-31)17-32)21-10-12-24(13-11-21)35-15-20-6-3-2-4-7-20/h2-14,19,25,34H,15H2,1H3. The average molecular weight is 509 g/mol. The number of nitrogens with one attached hydrogen (secondary N) is 1. The molecule has 5 rings (SSSR count). The van der Waals surface area contributed by atoms with Crippen LogP contribution in [-0.2, 0) is 21.9 Å². The van der Waals surface area contributed by atoms with Crippen LogP contribution in [0.25, 0.3) is 0 Å². The zero-order valence-electron chi connectivity index (χ0n) is 19.8. The predicted molar refractivity (Wildman–Crippen MR) is 134 cm³/mol. The van der Waals surface area contributed by atoms with Crippen molar-refractivity contribution in [3.63, 3.8) is 0 Å². The summed E-state index contributed by atoms with van der Waals surface area (Å²) in [5, 5.41) is 40.3. The van der Waals surface area contributed by atoms with E-state index in [2.05, 4.69) is 18.2 Å². The molecule has 4 unspecified atom stereocenters. The third kappa shape index (κ3) is 3.39. The molecule has 2 heterocycles. The molecule has 182 valence electrons. The quantitative estimate of drug-likeness (QED) is 0.448. The lowest BCUT2D eigenvalue weighted by molar-refractivity contribution is -0.288. The SMILES string of the molecule is CC1C2(c3cccc(Cl)c3)OC(=N)C1(C#N)C(C#N)(C#N)C(c1ccc(OCc3ccccc3)cc1)O2. The first-order valence-electron chi connectivity index (χ1n) is 11.6. The fourth-order valence-corrected chi connectivity index (χ4v) is 5.54. The largest absolute Gasteiger partial charge is 0.489 e. The molecule has 2 bridgehead atoms. The minimum absolute atomic E-state index is 0.373. The van der Waals surface area contributed by atoms with Crippen LogP contribution in [0.3, 0.4) is 0 Å². The molecule has 8 heteroatoms. The third-order valence-electron chi connectivity index (χ3n) is 7.33. The van der Waals surface area contributed by atoms with Crippen molar-refractivity contribution in [2.45, 2.75) is 25.4 Å². The van der Waals surface area contributed by atoms with E-state index >= 15 is 0 Å². The Kier molecular flexibility index (Phi) is 5.89. The number of rotatable bonds is 5. The molecule has 2 aliphatic heterocycles. The molecule has 37 heavy (non-hydrogen) atoms. The third-order valence-corrected chi connectivity index (χ3v) is 7.56. The minimum Gasteiger partial charge on any atom is -0.489 e. The highest BCUT2D eigenvalue weighted by Crippen LogP contribution is 2.69. The maximum absolute atomic E-state index is 10.4. The van der Waals surface area contributed by atoms with Gasteiger partial charge < -0.3 is 14.2 Å². The Morgan fingerprint density at radius 2 is 1.65 bits per heavy atom. The van der Waals surface area contributed by atoms with E-state index in [0.717, 1.165) is 5.56 Å². The Hall–Kier alpha value is -4.35. The maximum atomic E-state index is 10.4. The first kappa shape index (κ1) is 24.3. The molecule has 7 nitrogen and oxygen atoms in total. The van der Waals surface area contributed by atoms with Gasteiger partial charge in [0.15, 0.2) is 5.41 Å². The van der Waals surface area contributed by atoms with Crippen molar-refractivity contribution in [3.8, 4) is 24.0 Å². The second-order valence-electron chi connectivity index (χ2n) is 9.12. The molecule has 2 fully saturated rings. The van der Waals surface area contributed by atoms with E-state index in [-0.39, 0.29) is 0 Å². The number of benzene rings is 3. The summed E-state index contributed by atoms with van der Waals surface area (Å²) < 4.78 is 18.4. The van der Waals surface area contributed by atoms with Crippen LogP contribution in [0.1, 0.15) is 29.7 Å². The van der Waals surface area contributed by atoms with Crippen molar-refractivity contribution in [1.82, 2.24) is 0 Å². The highest BCUT2D eigenvalue weighted by Gasteiger charge is 2.79. The van der Waals surface area contributed by atoms with Crippen molar-refractivity contribution in [3.05, 3.63) is 101 Å². The van der Waals surface area contributed by atoms with E-state index in [0.29, 0.717) is 28.5 Å². The van der Waals surface area contributed by atoms with Crippen molar-refractivity contribution in [2.75, 3.05) is 0 Å². The highest BCUT2D eigenvalue weighted by atomic mass is 35.5. The van der Waals surface area contributed by atoms with Gasteiger partial charge in [0.25, 0.3) is 0 Å². The molecule has 2 saturated heterocycles. The van der Waals surface area contributed by atoms with Gasteiger partial charge in [-0.25, -0.2) is 0 Å². The molecule has 4 atom stereocenters. The predicted octanol–water partition coefficient (Wildman–Crippen LogP) is 6.03. The molecule has 0 amide bonds. The highest BCUT2D eigenvalue weighted by molar-refractivity contribution is 6.30. The van der Waals surface area contributed by atoms with Gasteiger partial charge in [0, 0.05) is 10.6 Å². The number of halogens is 1. The normalized spacial score (nSPS) is 27.3. The Bertz CT molecular complexity index is 1470. The number of hydrogen-bond acceptors (Lipinski definition) is 7. The first-order chi connectivity index (χ1) is 17.9.